The zero-order chi connectivity index (χ0) is 18.4. The van der Waals surface area contributed by atoms with Gasteiger partial charge in [0, 0.05) is 11.4 Å². The standard InChI is InChI=1S/C17H23ClN4O3/c1-5-6-15-20-17(25-21-15)11(2)22(3)10-16(23)19-13-9-12(18)7-8-14(13)24-4/h7-9,11H,5-6,10H2,1-4H3,(H,19,23). The summed E-state index contributed by atoms with van der Waals surface area (Å²) in [5, 5.41) is 7.27. The summed E-state index contributed by atoms with van der Waals surface area (Å²) in [7, 11) is 3.36. The molecule has 0 aliphatic heterocycles. The Hall–Kier alpha value is -2.12. The number of ether oxygens (including phenoxy) is 1. The number of aromatic nitrogens is 2. The molecule has 0 saturated carbocycles. The highest BCUT2D eigenvalue weighted by molar-refractivity contribution is 6.31. The van der Waals surface area contributed by atoms with Crippen molar-refractivity contribution in [3.05, 3.63) is 34.9 Å². The lowest BCUT2D eigenvalue weighted by Crippen LogP contribution is -2.32. The number of hydrogen-bond acceptors (Lipinski definition) is 6. The van der Waals surface area contributed by atoms with Crippen molar-refractivity contribution >= 4 is 23.2 Å². The van der Waals surface area contributed by atoms with Crippen molar-refractivity contribution in [2.45, 2.75) is 32.7 Å². The Morgan fingerprint density at radius 1 is 1.48 bits per heavy atom. The third-order valence-corrected chi connectivity index (χ3v) is 4.04. The van der Waals surface area contributed by atoms with E-state index in [0.717, 1.165) is 12.8 Å². The molecule has 0 radical (unpaired) electrons. The Labute approximate surface area is 152 Å². The van der Waals surface area contributed by atoms with Crippen LogP contribution in [0, 0.1) is 0 Å². The van der Waals surface area contributed by atoms with Crippen molar-refractivity contribution in [3.63, 3.8) is 0 Å². The smallest absolute Gasteiger partial charge is 0.243 e. The summed E-state index contributed by atoms with van der Waals surface area (Å²) in [5.74, 6) is 1.54. The van der Waals surface area contributed by atoms with E-state index < -0.39 is 0 Å². The van der Waals surface area contributed by atoms with Crippen molar-refractivity contribution in [1.82, 2.24) is 15.0 Å². The van der Waals surface area contributed by atoms with Gasteiger partial charge in [-0.2, -0.15) is 4.98 Å². The first-order chi connectivity index (χ1) is 11.9. The number of likely N-dealkylation sites (N-methyl/N-ethyl adjacent to an activating group) is 1. The molecule has 0 fully saturated rings. The van der Waals surface area contributed by atoms with E-state index in [4.69, 9.17) is 20.9 Å². The molecule has 1 atom stereocenters. The van der Waals surface area contributed by atoms with E-state index in [1.54, 1.807) is 18.2 Å². The van der Waals surface area contributed by atoms with E-state index in [-0.39, 0.29) is 18.5 Å². The fraction of sp³-hybridized carbons (Fsp3) is 0.471. The Morgan fingerprint density at radius 3 is 2.92 bits per heavy atom. The maximum absolute atomic E-state index is 12.3. The fourth-order valence-electron chi connectivity index (χ4n) is 2.28. The number of nitrogens with zero attached hydrogens (tertiary/aromatic N) is 3. The highest BCUT2D eigenvalue weighted by Gasteiger charge is 2.21. The predicted molar refractivity (Wildman–Crippen MR) is 96.0 cm³/mol. The van der Waals surface area contributed by atoms with Crippen molar-refractivity contribution in [2.24, 2.45) is 0 Å². The number of nitrogens with one attached hydrogen (secondary N) is 1. The summed E-state index contributed by atoms with van der Waals surface area (Å²) in [6.45, 7) is 4.12. The number of benzene rings is 1. The molecule has 2 rings (SSSR count). The normalized spacial score (nSPS) is 12.2. The molecular weight excluding hydrogens is 344 g/mol. The van der Waals surface area contributed by atoms with Gasteiger partial charge in [-0.05, 0) is 38.6 Å². The topological polar surface area (TPSA) is 80.5 Å². The second-order valence-electron chi connectivity index (χ2n) is 5.78. The molecule has 1 amide bonds. The molecule has 0 spiro atoms. The summed E-state index contributed by atoms with van der Waals surface area (Å²) in [6.07, 6.45) is 1.72. The first-order valence-electron chi connectivity index (χ1n) is 8.10. The molecule has 8 heteroatoms. The average Bonchev–Trinajstić information content (AvgIpc) is 3.03. The van der Waals surface area contributed by atoms with Crippen molar-refractivity contribution in [3.8, 4) is 5.75 Å². The molecule has 0 aliphatic rings. The molecule has 1 aromatic heterocycles. The van der Waals surface area contributed by atoms with E-state index >= 15 is 0 Å². The third-order valence-electron chi connectivity index (χ3n) is 3.80. The largest absolute Gasteiger partial charge is 0.495 e. The summed E-state index contributed by atoms with van der Waals surface area (Å²) < 4.78 is 10.5. The van der Waals surface area contributed by atoms with Gasteiger partial charge in [-0.15, -0.1) is 0 Å². The Morgan fingerprint density at radius 2 is 2.24 bits per heavy atom. The number of anilines is 1. The van der Waals surface area contributed by atoms with Crippen LogP contribution >= 0.6 is 11.6 Å². The number of aryl methyl sites for hydroxylation is 1. The van der Waals surface area contributed by atoms with E-state index in [1.807, 2.05) is 18.9 Å². The molecule has 0 aliphatic carbocycles. The van der Waals surface area contributed by atoms with Gasteiger partial charge in [0.25, 0.3) is 0 Å². The number of rotatable bonds is 8. The first kappa shape index (κ1) is 19.2. The number of hydrogen-bond donors (Lipinski definition) is 1. The summed E-state index contributed by atoms with van der Waals surface area (Å²) in [5.41, 5.74) is 0.532. The maximum atomic E-state index is 12.3. The molecule has 25 heavy (non-hydrogen) atoms. The highest BCUT2D eigenvalue weighted by atomic mass is 35.5. The number of methoxy groups -OCH3 is 1. The lowest BCUT2D eigenvalue weighted by atomic mass is 10.2. The van der Waals surface area contributed by atoms with Crippen LogP contribution in [0.1, 0.15) is 38.0 Å². The number of carbonyl (C=O) groups is 1. The summed E-state index contributed by atoms with van der Waals surface area (Å²) >= 11 is 5.98. The van der Waals surface area contributed by atoms with Gasteiger partial charge >= 0.3 is 0 Å². The zero-order valence-electron chi connectivity index (χ0n) is 14.9. The van der Waals surface area contributed by atoms with Crippen LogP contribution in [0.3, 0.4) is 0 Å². The summed E-state index contributed by atoms with van der Waals surface area (Å²) in [6, 6.07) is 4.88. The van der Waals surface area contributed by atoms with Crippen LogP contribution in [0.5, 0.6) is 5.75 Å². The molecule has 1 N–H and O–H groups in total. The lowest BCUT2D eigenvalue weighted by molar-refractivity contribution is -0.117. The van der Waals surface area contributed by atoms with Crippen LogP contribution < -0.4 is 10.1 Å². The van der Waals surface area contributed by atoms with Gasteiger partial charge in [-0.25, -0.2) is 0 Å². The van der Waals surface area contributed by atoms with Gasteiger partial charge in [-0.3, -0.25) is 9.69 Å². The molecule has 136 valence electrons. The minimum absolute atomic E-state index is 0.155. The number of halogens is 1. The maximum Gasteiger partial charge on any atom is 0.243 e. The lowest BCUT2D eigenvalue weighted by Gasteiger charge is -2.21. The second-order valence-corrected chi connectivity index (χ2v) is 6.22. The van der Waals surface area contributed by atoms with Crippen LogP contribution in [-0.4, -0.2) is 41.6 Å². The molecule has 1 unspecified atom stereocenters. The number of amides is 1. The second kappa shape index (κ2) is 8.82. The van der Waals surface area contributed by atoms with E-state index in [1.165, 1.54) is 7.11 Å². The van der Waals surface area contributed by atoms with Crippen LogP contribution in [0.2, 0.25) is 5.02 Å². The quantitative estimate of drug-likeness (QED) is 0.771. The Balaban J connectivity index is 1.98. The minimum atomic E-state index is -0.191. The Kier molecular flexibility index (Phi) is 6.78. The summed E-state index contributed by atoms with van der Waals surface area (Å²) in [4.78, 5) is 18.5. The SMILES string of the molecule is CCCc1noc(C(C)N(C)CC(=O)Nc2cc(Cl)ccc2OC)n1. The third kappa shape index (κ3) is 5.17. The monoisotopic (exact) mass is 366 g/mol. The van der Waals surface area contributed by atoms with Crippen molar-refractivity contribution in [2.75, 3.05) is 26.0 Å². The molecule has 1 aromatic carbocycles. The van der Waals surface area contributed by atoms with E-state index in [2.05, 4.69) is 22.4 Å². The average molecular weight is 367 g/mol. The fourth-order valence-corrected chi connectivity index (χ4v) is 2.45. The van der Waals surface area contributed by atoms with Crippen LogP contribution in [0.15, 0.2) is 22.7 Å². The van der Waals surface area contributed by atoms with Gasteiger partial charge < -0.3 is 14.6 Å². The van der Waals surface area contributed by atoms with Gasteiger partial charge in [-0.1, -0.05) is 23.7 Å². The molecule has 0 saturated heterocycles. The molecule has 7 nitrogen and oxygen atoms in total. The Bertz CT molecular complexity index is 720. The van der Waals surface area contributed by atoms with Gasteiger partial charge in [0.15, 0.2) is 5.82 Å². The molecule has 2 aromatic rings. The van der Waals surface area contributed by atoms with Gasteiger partial charge in [0.05, 0.1) is 25.4 Å². The molecule has 1 heterocycles. The van der Waals surface area contributed by atoms with Gasteiger partial charge in [0.2, 0.25) is 11.8 Å². The molecule has 0 bridgehead atoms. The van der Waals surface area contributed by atoms with E-state index in [0.29, 0.717) is 28.2 Å². The highest BCUT2D eigenvalue weighted by Crippen LogP contribution is 2.27. The predicted octanol–water partition coefficient (Wildman–Crippen LogP) is 3.32. The number of carbonyl (C=O) groups excluding carboxylic acids is 1. The first-order valence-corrected chi connectivity index (χ1v) is 8.48. The van der Waals surface area contributed by atoms with Crippen molar-refractivity contribution < 1.29 is 14.1 Å². The van der Waals surface area contributed by atoms with Gasteiger partial charge in [0.1, 0.15) is 5.75 Å². The molecular formula is C17H23ClN4O3. The van der Waals surface area contributed by atoms with Crippen molar-refractivity contribution in [1.29, 1.82) is 0 Å². The minimum Gasteiger partial charge on any atom is -0.495 e. The van der Waals surface area contributed by atoms with Crippen LogP contribution in [0.4, 0.5) is 5.69 Å². The van der Waals surface area contributed by atoms with E-state index in [9.17, 15) is 4.79 Å². The van der Waals surface area contributed by atoms with Crippen LogP contribution in [0.25, 0.3) is 0 Å². The van der Waals surface area contributed by atoms with Crippen LogP contribution in [-0.2, 0) is 11.2 Å². The zero-order valence-corrected chi connectivity index (χ0v) is 15.6.